The zero-order valence-corrected chi connectivity index (χ0v) is 11.9. The molecule has 0 unspecified atom stereocenters. The van der Waals surface area contributed by atoms with E-state index in [1.165, 1.54) is 23.4 Å². The van der Waals surface area contributed by atoms with Crippen molar-refractivity contribution in [1.82, 2.24) is 19.7 Å². The minimum Gasteiger partial charge on any atom is -0.345 e. The number of halogens is 1. The number of fused-ring (bicyclic) bond motifs is 1. The van der Waals surface area contributed by atoms with Crippen LogP contribution in [0, 0.1) is 5.82 Å². The van der Waals surface area contributed by atoms with Crippen LogP contribution in [-0.2, 0) is 19.6 Å². The Bertz CT molecular complexity index is 782. The number of rotatable bonds is 3. The summed E-state index contributed by atoms with van der Waals surface area (Å²) in [5.74, 6) is 0.648. The van der Waals surface area contributed by atoms with Crippen LogP contribution in [0.2, 0.25) is 0 Å². The summed E-state index contributed by atoms with van der Waals surface area (Å²) in [6, 6.07) is 6.54. The van der Waals surface area contributed by atoms with Gasteiger partial charge in [0.15, 0.2) is 0 Å². The molecule has 5 nitrogen and oxygen atoms in total. The first-order chi connectivity index (χ1) is 10.8. The lowest BCUT2D eigenvalue weighted by Gasteiger charge is -2.16. The fraction of sp³-hybridized carbons (Fsp3) is 0.188. The van der Waals surface area contributed by atoms with E-state index in [4.69, 9.17) is 0 Å². The Kier molecular flexibility index (Phi) is 3.07. The van der Waals surface area contributed by atoms with Crippen molar-refractivity contribution in [3.63, 3.8) is 0 Å². The molecule has 1 aliphatic rings. The van der Waals surface area contributed by atoms with Crippen LogP contribution in [0.25, 0.3) is 0 Å². The predicted octanol–water partition coefficient (Wildman–Crippen LogP) is 2.38. The number of aromatic nitrogens is 4. The molecule has 0 fully saturated rings. The number of anilines is 1. The Morgan fingerprint density at radius 1 is 1.05 bits per heavy atom. The van der Waals surface area contributed by atoms with Gasteiger partial charge in [0.05, 0.1) is 31.2 Å². The van der Waals surface area contributed by atoms with E-state index in [2.05, 4.69) is 20.0 Å². The number of hydrogen-bond donors (Lipinski definition) is 0. The predicted molar refractivity (Wildman–Crippen MR) is 79.6 cm³/mol. The van der Waals surface area contributed by atoms with Crippen molar-refractivity contribution < 1.29 is 4.39 Å². The molecule has 0 N–H and O–H groups in total. The zero-order valence-electron chi connectivity index (χ0n) is 11.9. The Labute approximate surface area is 127 Å². The molecule has 0 aliphatic carbocycles. The summed E-state index contributed by atoms with van der Waals surface area (Å²) in [5.41, 5.74) is 3.41. The third-order valence-electron chi connectivity index (χ3n) is 3.86. The van der Waals surface area contributed by atoms with E-state index in [0.29, 0.717) is 6.54 Å². The molecule has 1 aromatic carbocycles. The van der Waals surface area contributed by atoms with Gasteiger partial charge in [0.25, 0.3) is 0 Å². The normalized spacial score (nSPS) is 13.4. The second-order valence-electron chi connectivity index (χ2n) is 5.32. The molecular weight excluding hydrogens is 281 g/mol. The second-order valence-corrected chi connectivity index (χ2v) is 5.32. The van der Waals surface area contributed by atoms with E-state index in [9.17, 15) is 4.39 Å². The second kappa shape index (κ2) is 5.22. The molecule has 2 aromatic heterocycles. The molecule has 1 aliphatic heterocycles. The summed E-state index contributed by atoms with van der Waals surface area (Å²) in [7, 11) is 0. The van der Waals surface area contributed by atoms with Crippen molar-refractivity contribution >= 4 is 5.82 Å². The molecule has 0 spiro atoms. The molecular formula is C16H14FN5. The largest absolute Gasteiger partial charge is 0.345 e. The summed E-state index contributed by atoms with van der Waals surface area (Å²) < 4.78 is 15.0. The van der Waals surface area contributed by atoms with Crippen LogP contribution in [0.3, 0.4) is 0 Å². The smallest absolute Gasteiger partial charge is 0.147 e. The fourth-order valence-corrected chi connectivity index (χ4v) is 2.72. The lowest BCUT2D eigenvalue weighted by atomic mass is 10.2. The molecule has 0 saturated carbocycles. The lowest BCUT2D eigenvalue weighted by molar-refractivity contribution is 0.620. The summed E-state index contributed by atoms with van der Waals surface area (Å²) in [4.78, 5) is 10.6. The molecule has 6 heteroatoms. The van der Waals surface area contributed by atoms with Gasteiger partial charge in [0.2, 0.25) is 0 Å². The molecule has 110 valence electrons. The Balaban J connectivity index is 1.56. The first kappa shape index (κ1) is 12.9. The van der Waals surface area contributed by atoms with Gasteiger partial charge < -0.3 is 4.90 Å². The van der Waals surface area contributed by atoms with Gasteiger partial charge in [-0.05, 0) is 17.7 Å². The molecule has 3 heterocycles. The highest BCUT2D eigenvalue weighted by Crippen LogP contribution is 2.26. The molecule has 22 heavy (non-hydrogen) atoms. The van der Waals surface area contributed by atoms with E-state index in [1.54, 1.807) is 30.7 Å². The minimum absolute atomic E-state index is 0.219. The number of hydrogen-bond acceptors (Lipinski definition) is 4. The van der Waals surface area contributed by atoms with Crippen molar-refractivity contribution in [1.29, 1.82) is 0 Å². The number of nitrogens with zero attached hydrogens (tertiary/aromatic N) is 5. The van der Waals surface area contributed by atoms with Crippen LogP contribution in [-0.4, -0.2) is 19.7 Å². The van der Waals surface area contributed by atoms with Gasteiger partial charge in [0.1, 0.15) is 11.6 Å². The van der Waals surface area contributed by atoms with E-state index < -0.39 is 0 Å². The summed E-state index contributed by atoms with van der Waals surface area (Å²) in [6.07, 6.45) is 7.03. The maximum Gasteiger partial charge on any atom is 0.147 e. The third-order valence-corrected chi connectivity index (χ3v) is 3.86. The van der Waals surface area contributed by atoms with E-state index in [0.717, 1.165) is 24.5 Å². The van der Waals surface area contributed by atoms with Gasteiger partial charge in [0, 0.05) is 24.5 Å². The molecule has 0 amide bonds. The van der Waals surface area contributed by atoms with Gasteiger partial charge in [-0.2, -0.15) is 5.10 Å². The van der Waals surface area contributed by atoms with Gasteiger partial charge in [-0.1, -0.05) is 12.1 Å². The highest BCUT2D eigenvalue weighted by molar-refractivity contribution is 5.43. The van der Waals surface area contributed by atoms with Crippen molar-refractivity contribution in [3.05, 3.63) is 71.7 Å². The van der Waals surface area contributed by atoms with Crippen molar-refractivity contribution in [2.45, 2.75) is 19.6 Å². The third kappa shape index (κ3) is 2.32. The van der Waals surface area contributed by atoms with E-state index in [1.807, 2.05) is 10.9 Å². The van der Waals surface area contributed by atoms with E-state index in [-0.39, 0.29) is 5.82 Å². The van der Waals surface area contributed by atoms with Crippen LogP contribution in [0.4, 0.5) is 10.2 Å². The molecule has 0 bridgehead atoms. The van der Waals surface area contributed by atoms with Gasteiger partial charge in [-0.25, -0.2) is 9.37 Å². The molecule has 0 atom stereocenters. The highest BCUT2D eigenvalue weighted by Gasteiger charge is 2.24. The topological polar surface area (TPSA) is 46.8 Å². The summed E-state index contributed by atoms with van der Waals surface area (Å²) in [6.45, 7) is 2.19. The molecule has 3 aromatic rings. The van der Waals surface area contributed by atoms with Gasteiger partial charge in [-0.15, -0.1) is 0 Å². The quantitative estimate of drug-likeness (QED) is 0.744. The van der Waals surface area contributed by atoms with Crippen molar-refractivity contribution in [2.24, 2.45) is 0 Å². The average Bonchev–Trinajstić information content (AvgIpc) is 3.12. The summed E-state index contributed by atoms with van der Waals surface area (Å²) in [5, 5.41) is 4.44. The van der Waals surface area contributed by atoms with Crippen LogP contribution >= 0.6 is 0 Å². The first-order valence-electron chi connectivity index (χ1n) is 7.08. The Morgan fingerprint density at radius 2 is 1.91 bits per heavy atom. The fourth-order valence-electron chi connectivity index (χ4n) is 2.72. The highest BCUT2D eigenvalue weighted by atomic mass is 19.1. The van der Waals surface area contributed by atoms with Gasteiger partial charge >= 0.3 is 0 Å². The standard InChI is InChI=1S/C16H14FN5/c17-14-3-1-12(2-4-14)9-22-15-11-21(10-13(15)7-20-22)16-8-18-5-6-19-16/h1-8H,9-11H2. The van der Waals surface area contributed by atoms with Crippen LogP contribution in [0.5, 0.6) is 0 Å². The number of benzene rings is 1. The van der Waals surface area contributed by atoms with E-state index >= 15 is 0 Å². The maximum absolute atomic E-state index is 13.0. The van der Waals surface area contributed by atoms with Crippen LogP contribution < -0.4 is 4.90 Å². The SMILES string of the molecule is Fc1ccc(Cn2ncc3c2CN(c2cnccn2)C3)cc1. The summed E-state index contributed by atoms with van der Waals surface area (Å²) >= 11 is 0. The van der Waals surface area contributed by atoms with Crippen LogP contribution in [0.1, 0.15) is 16.8 Å². The Morgan fingerprint density at radius 3 is 2.68 bits per heavy atom. The monoisotopic (exact) mass is 295 g/mol. The average molecular weight is 295 g/mol. The molecule has 0 radical (unpaired) electrons. The van der Waals surface area contributed by atoms with Crippen LogP contribution in [0.15, 0.2) is 49.1 Å². The lowest BCUT2D eigenvalue weighted by Crippen LogP contribution is -2.18. The van der Waals surface area contributed by atoms with Crippen molar-refractivity contribution in [2.75, 3.05) is 4.90 Å². The van der Waals surface area contributed by atoms with Crippen molar-refractivity contribution in [3.8, 4) is 0 Å². The maximum atomic E-state index is 13.0. The zero-order chi connectivity index (χ0) is 14.9. The Hall–Kier alpha value is -2.76. The first-order valence-corrected chi connectivity index (χ1v) is 7.08. The molecule has 4 rings (SSSR count). The van der Waals surface area contributed by atoms with Gasteiger partial charge in [-0.3, -0.25) is 9.67 Å². The molecule has 0 saturated heterocycles. The minimum atomic E-state index is -0.219.